The molecule has 2 N–H and O–H groups in total. The zero-order valence-corrected chi connectivity index (χ0v) is 2.83. The molecule has 4 nitrogen and oxygen atoms in total. The summed E-state index contributed by atoms with van der Waals surface area (Å²) in [5.41, 5.74) is 0. The maximum atomic E-state index is 8.56. The minimum absolute atomic E-state index is 1.83. The van der Waals surface area contributed by atoms with E-state index >= 15 is 0 Å². The molecule has 0 atom stereocenters. The van der Waals surface area contributed by atoms with Crippen LogP contribution in [0.3, 0.4) is 0 Å². The van der Waals surface area contributed by atoms with Gasteiger partial charge in [-0.2, -0.15) is 0 Å². The van der Waals surface area contributed by atoms with Crippen LogP contribution in [0.5, 0.6) is 0 Å². The second-order valence-corrected chi connectivity index (χ2v) is 0.283. The molecular weight excluding hydrogens is 84.8 g/mol. The molecule has 0 amide bonds. The van der Waals surface area contributed by atoms with Crippen LogP contribution < -0.4 is 0 Å². The van der Waals surface area contributed by atoms with Crippen molar-refractivity contribution in [2.45, 2.75) is 0 Å². The Kier molecular flexibility index (Phi) is 13.3. The fourth-order valence-electron chi connectivity index (χ4n) is 0. The maximum Gasteiger partial charge on any atom is 0.503 e. The molecule has 0 fully saturated rings. The van der Waals surface area contributed by atoms with E-state index in [1.165, 1.54) is 0 Å². The quantitative estimate of drug-likeness (QED) is 0.402. The summed E-state index contributed by atoms with van der Waals surface area (Å²) in [4.78, 5) is 8.56. The van der Waals surface area contributed by atoms with Crippen molar-refractivity contribution in [2.75, 3.05) is 0 Å². The number of hydrogen-bond donors (Lipinski definition) is 2. The molecule has 0 aromatic rings. The molecule has 32 valence electrons. The van der Waals surface area contributed by atoms with Crippen molar-refractivity contribution < 1.29 is 15.0 Å². The zero-order chi connectivity index (χ0) is 5.58. The molecule has 0 aliphatic carbocycles. The minimum atomic E-state index is -1.83. The van der Waals surface area contributed by atoms with Crippen LogP contribution in [0, 0.1) is 5.16 Å². The summed E-state index contributed by atoms with van der Waals surface area (Å²) in [6.45, 7) is 0. The first kappa shape index (κ1) is 8.90. The number of nitrogens with zero attached hydrogens (tertiary/aromatic N) is 1. The Bertz CT molecular complexity index is 55.1. The van der Waals surface area contributed by atoms with E-state index in [4.69, 9.17) is 20.2 Å². The van der Waals surface area contributed by atoms with Crippen LogP contribution in [0.2, 0.25) is 0 Å². The smallest absolute Gasteiger partial charge is 0.450 e. The number of rotatable bonds is 0. The van der Waals surface area contributed by atoms with Crippen LogP contribution in [0.4, 0.5) is 4.79 Å². The van der Waals surface area contributed by atoms with Gasteiger partial charge in [0.2, 0.25) is 0 Å². The van der Waals surface area contributed by atoms with Crippen LogP contribution in [0.1, 0.15) is 0 Å². The number of carboxylic acid groups (broad SMARTS) is 2. The Hall–Kier alpha value is -0.955. The Morgan fingerprint density at radius 1 is 1.50 bits per heavy atom. The van der Waals surface area contributed by atoms with Gasteiger partial charge in [-0.15, -0.1) is 0 Å². The zero-order valence-electron chi connectivity index (χ0n) is 2.83. The van der Waals surface area contributed by atoms with Gasteiger partial charge in [0, 0.05) is 0 Å². The molecule has 0 aliphatic rings. The van der Waals surface area contributed by atoms with Crippen molar-refractivity contribution in [3.8, 4) is 0 Å². The van der Waals surface area contributed by atoms with Crippen LogP contribution in [-0.2, 0) is 0 Å². The van der Waals surface area contributed by atoms with Gasteiger partial charge >= 0.3 is 18.8 Å². The van der Waals surface area contributed by atoms with E-state index in [0.717, 1.165) is 0 Å². The van der Waals surface area contributed by atoms with Crippen molar-refractivity contribution in [2.24, 2.45) is 0 Å². The molecular formula is CH2BNO3. The first-order valence-corrected chi connectivity index (χ1v) is 0.910. The molecule has 0 saturated heterocycles. The second-order valence-electron chi connectivity index (χ2n) is 0.283. The van der Waals surface area contributed by atoms with Gasteiger partial charge in [0.15, 0.2) is 0 Å². The van der Waals surface area contributed by atoms with E-state index < -0.39 is 6.16 Å². The van der Waals surface area contributed by atoms with Gasteiger partial charge in [-0.3, -0.25) is 0 Å². The molecule has 0 unspecified atom stereocenters. The van der Waals surface area contributed by atoms with E-state index in [2.05, 4.69) is 7.49 Å². The summed E-state index contributed by atoms with van der Waals surface area (Å²) in [7, 11) is 3.50. The van der Waals surface area contributed by atoms with E-state index in [1.54, 1.807) is 0 Å². The van der Waals surface area contributed by atoms with Gasteiger partial charge in [0.1, 0.15) is 0 Å². The summed E-state index contributed by atoms with van der Waals surface area (Å²) in [6.07, 6.45) is -1.83. The SMILES string of the molecule is B#N.O=C(O)O. The van der Waals surface area contributed by atoms with E-state index in [-0.39, 0.29) is 0 Å². The van der Waals surface area contributed by atoms with E-state index in [9.17, 15) is 0 Å². The fourth-order valence-corrected chi connectivity index (χ4v) is 0. The van der Waals surface area contributed by atoms with E-state index in [0.29, 0.717) is 0 Å². The average Bonchev–Trinajstić information content (AvgIpc) is 1.41. The van der Waals surface area contributed by atoms with Crippen molar-refractivity contribution >= 4 is 13.6 Å². The third-order valence-electron chi connectivity index (χ3n) is 0. The van der Waals surface area contributed by atoms with Crippen molar-refractivity contribution in [1.29, 1.82) is 5.16 Å². The topological polar surface area (TPSA) is 81.3 Å². The normalized spacial score (nSPS) is 4.83. The third kappa shape index (κ3) is 14.0. The predicted molar refractivity (Wildman–Crippen MR) is 18.1 cm³/mol. The standard InChI is InChI=1S/CH2O3.BN/c2-1(3)4;1-2/h(H2,2,3,4);. The molecule has 0 bridgehead atoms. The van der Waals surface area contributed by atoms with E-state index in [1.807, 2.05) is 0 Å². The van der Waals surface area contributed by atoms with Crippen LogP contribution in [0.25, 0.3) is 0 Å². The van der Waals surface area contributed by atoms with Crippen LogP contribution in [0.15, 0.2) is 0 Å². The molecule has 0 aliphatic heterocycles. The first-order valence-electron chi connectivity index (χ1n) is 0.910. The predicted octanol–water partition coefficient (Wildman–Crippen LogP) is -0.143. The summed E-state index contributed by atoms with van der Waals surface area (Å²) in [5.74, 6) is 0. The Morgan fingerprint density at radius 2 is 1.50 bits per heavy atom. The van der Waals surface area contributed by atoms with Crippen molar-refractivity contribution in [1.82, 2.24) is 0 Å². The van der Waals surface area contributed by atoms with Gasteiger partial charge < -0.3 is 10.2 Å². The monoisotopic (exact) mass is 87.0 g/mol. The van der Waals surface area contributed by atoms with Gasteiger partial charge in [0.05, 0.1) is 0 Å². The molecule has 0 spiro atoms. The first-order chi connectivity index (χ1) is 2.73. The Labute approximate surface area is 35.0 Å². The Morgan fingerprint density at radius 3 is 1.50 bits per heavy atom. The molecule has 0 radical (unpaired) electrons. The molecule has 0 heterocycles. The molecule has 0 saturated carbocycles. The van der Waals surface area contributed by atoms with Crippen LogP contribution in [-0.4, -0.2) is 23.9 Å². The van der Waals surface area contributed by atoms with Gasteiger partial charge in [0.25, 0.3) is 0 Å². The fraction of sp³-hybridized carbons (Fsp3) is 0. The second kappa shape index (κ2) is 8.97. The molecule has 0 aromatic carbocycles. The van der Waals surface area contributed by atoms with Gasteiger partial charge in [-0.1, -0.05) is 0 Å². The minimum Gasteiger partial charge on any atom is -0.450 e. The summed E-state index contributed by atoms with van der Waals surface area (Å²) >= 11 is 0. The number of carbonyl (C=O) groups is 1. The molecule has 0 rings (SSSR count). The number of hydrogen-bond acceptors (Lipinski definition) is 2. The third-order valence-corrected chi connectivity index (χ3v) is 0. The molecule has 0 aromatic heterocycles. The largest absolute Gasteiger partial charge is 0.503 e. The van der Waals surface area contributed by atoms with Crippen molar-refractivity contribution in [3.05, 3.63) is 0 Å². The van der Waals surface area contributed by atoms with Crippen LogP contribution >= 0.6 is 0 Å². The molecule has 6 heavy (non-hydrogen) atoms. The van der Waals surface area contributed by atoms with Crippen molar-refractivity contribution in [3.63, 3.8) is 0 Å². The van der Waals surface area contributed by atoms with Gasteiger partial charge in [-0.05, 0) is 0 Å². The maximum absolute atomic E-state index is 8.56. The molecule has 5 heteroatoms. The summed E-state index contributed by atoms with van der Waals surface area (Å²) < 4.78 is 0. The summed E-state index contributed by atoms with van der Waals surface area (Å²) in [6, 6.07) is 0. The summed E-state index contributed by atoms with van der Waals surface area (Å²) in [5, 5.41) is 20.4. The van der Waals surface area contributed by atoms with Gasteiger partial charge in [-0.25, -0.2) is 4.79 Å². The Balaban J connectivity index is 0. The average molecular weight is 86.8 g/mol.